The number of hydrogen-bond donors (Lipinski definition) is 1. The van der Waals surface area contributed by atoms with Gasteiger partial charge in [-0.1, -0.05) is 6.07 Å². The summed E-state index contributed by atoms with van der Waals surface area (Å²) in [6, 6.07) is 5.03. The van der Waals surface area contributed by atoms with Crippen molar-refractivity contribution in [2.45, 2.75) is 18.0 Å². The second-order valence-corrected chi connectivity index (χ2v) is 6.58. The predicted molar refractivity (Wildman–Crippen MR) is 73.8 cm³/mol. The first-order valence-corrected chi connectivity index (χ1v) is 7.78. The molecule has 0 aromatic carbocycles. The van der Waals surface area contributed by atoms with Crippen molar-refractivity contribution in [1.29, 1.82) is 0 Å². The molecule has 1 unspecified atom stereocenters. The quantitative estimate of drug-likeness (QED) is 0.862. The molecule has 2 N–H and O–H groups in total. The van der Waals surface area contributed by atoms with E-state index in [9.17, 15) is 8.42 Å². The molecular weight excluding hydrogens is 280 g/mol. The number of nitrogens with two attached hydrogens (primary N) is 1. The van der Waals surface area contributed by atoms with E-state index in [2.05, 4.69) is 4.98 Å². The third kappa shape index (κ3) is 1.96. The Kier molecular flexibility index (Phi) is 3.15. The molecule has 7 nitrogen and oxygen atoms in total. The summed E-state index contributed by atoms with van der Waals surface area (Å²) in [6.07, 6.45) is 1.65. The zero-order chi connectivity index (χ0) is 14.3. The van der Waals surface area contributed by atoms with Crippen LogP contribution in [-0.4, -0.2) is 47.9 Å². The Morgan fingerprint density at radius 3 is 3.00 bits per heavy atom. The maximum Gasteiger partial charge on any atom is 0.263 e. The van der Waals surface area contributed by atoms with Gasteiger partial charge in [-0.2, -0.15) is 4.31 Å². The number of nitrogens with zero attached hydrogens (tertiary/aromatic N) is 3. The monoisotopic (exact) mass is 296 g/mol. The molecule has 1 saturated heterocycles. The molecule has 108 valence electrons. The number of nitrogen functional groups attached to an aromatic ring is 1. The molecule has 1 atom stereocenters. The molecule has 0 amide bonds. The fourth-order valence-corrected chi connectivity index (χ4v) is 4.21. The number of fused-ring (bicyclic) bond motifs is 1. The van der Waals surface area contributed by atoms with E-state index in [1.807, 2.05) is 6.92 Å². The van der Waals surface area contributed by atoms with Crippen LogP contribution in [0.2, 0.25) is 0 Å². The molecule has 2 aromatic rings. The lowest BCUT2D eigenvalue weighted by Crippen LogP contribution is -2.47. The third-order valence-corrected chi connectivity index (χ3v) is 5.43. The smallest absolute Gasteiger partial charge is 0.263 e. The first kappa shape index (κ1) is 13.3. The molecule has 1 aliphatic rings. The van der Waals surface area contributed by atoms with Crippen LogP contribution in [0.15, 0.2) is 29.4 Å². The molecule has 2 aromatic heterocycles. The minimum Gasteiger partial charge on any atom is -0.381 e. The van der Waals surface area contributed by atoms with Gasteiger partial charge in [-0.25, -0.2) is 13.4 Å². The highest BCUT2D eigenvalue weighted by Gasteiger charge is 2.35. The van der Waals surface area contributed by atoms with E-state index >= 15 is 0 Å². The van der Waals surface area contributed by atoms with Crippen LogP contribution in [0.5, 0.6) is 0 Å². The van der Waals surface area contributed by atoms with Crippen LogP contribution < -0.4 is 5.73 Å². The predicted octanol–water partition coefficient (Wildman–Crippen LogP) is 0.326. The molecule has 20 heavy (non-hydrogen) atoms. The van der Waals surface area contributed by atoms with Crippen LogP contribution in [0.25, 0.3) is 5.65 Å². The van der Waals surface area contributed by atoms with Crippen LogP contribution in [0.1, 0.15) is 6.92 Å². The largest absolute Gasteiger partial charge is 0.381 e. The van der Waals surface area contributed by atoms with E-state index < -0.39 is 10.0 Å². The van der Waals surface area contributed by atoms with E-state index in [0.29, 0.717) is 25.4 Å². The highest BCUT2D eigenvalue weighted by Crippen LogP contribution is 2.26. The maximum absolute atomic E-state index is 12.8. The van der Waals surface area contributed by atoms with Crippen molar-refractivity contribution in [2.24, 2.45) is 0 Å². The normalized spacial score (nSPS) is 21.4. The van der Waals surface area contributed by atoms with Gasteiger partial charge in [-0.15, -0.1) is 0 Å². The Morgan fingerprint density at radius 2 is 2.25 bits per heavy atom. The van der Waals surface area contributed by atoms with E-state index in [1.165, 1.54) is 8.71 Å². The van der Waals surface area contributed by atoms with Crippen molar-refractivity contribution in [3.63, 3.8) is 0 Å². The van der Waals surface area contributed by atoms with E-state index in [1.54, 1.807) is 24.4 Å². The average molecular weight is 296 g/mol. The molecule has 1 fully saturated rings. The SMILES string of the molecule is CC1COCCN1S(=O)(=O)c1c(N)nc2ccccn12. The summed E-state index contributed by atoms with van der Waals surface area (Å²) in [5, 5.41) is 0.0295. The zero-order valence-corrected chi connectivity index (χ0v) is 11.9. The van der Waals surface area contributed by atoms with Crippen LogP contribution in [0, 0.1) is 0 Å². The minimum absolute atomic E-state index is 0.0230. The molecule has 1 aliphatic heterocycles. The number of ether oxygens (including phenoxy) is 1. The summed E-state index contributed by atoms with van der Waals surface area (Å²) in [7, 11) is -3.70. The van der Waals surface area contributed by atoms with Crippen LogP contribution in [-0.2, 0) is 14.8 Å². The van der Waals surface area contributed by atoms with Gasteiger partial charge in [0, 0.05) is 18.8 Å². The van der Waals surface area contributed by atoms with E-state index in [-0.39, 0.29) is 16.9 Å². The van der Waals surface area contributed by atoms with E-state index in [0.717, 1.165) is 0 Å². The topological polar surface area (TPSA) is 89.9 Å². The van der Waals surface area contributed by atoms with Gasteiger partial charge >= 0.3 is 0 Å². The van der Waals surface area contributed by atoms with Gasteiger partial charge in [0.2, 0.25) is 0 Å². The lowest BCUT2D eigenvalue weighted by Gasteiger charge is -2.31. The summed E-state index contributed by atoms with van der Waals surface area (Å²) in [5.74, 6) is 0.0230. The number of aromatic nitrogens is 2. The molecule has 3 rings (SSSR count). The minimum atomic E-state index is -3.70. The summed E-state index contributed by atoms with van der Waals surface area (Å²) >= 11 is 0. The molecule has 8 heteroatoms. The number of pyridine rings is 1. The Hall–Kier alpha value is -1.64. The Labute approximate surface area is 117 Å². The number of anilines is 1. The van der Waals surface area contributed by atoms with Crippen LogP contribution in [0.4, 0.5) is 5.82 Å². The van der Waals surface area contributed by atoms with Gasteiger partial charge in [0.15, 0.2) is 10.8 Å². The van der Waals surface area contributed by atoms with Crippen molar-refractivity contribution in [1.82, 2.24) is 13.7 Å². The number of morpholine rings is 1. The van der Waals surface area contributed by atoms with Crippen molar-refractivity contribution < 1.29 is 13.2 Å². The number of hydrogen-bond acceptors (Lipinski definition) is 5. The number of rotatable bonds is 2. The Morgan fingerprint density at radius 1 is 1.45 bits per heavy atom. The number of imidazole rings is 1. The standard InChI is InChI=1S/C12H16N4O3S/c1-9-8-19-7-6-16(9)20(17,18)12-11(13)14-10-4-2-3-5-15(10)12/h2-5,9H,6-8,13H2,1H3. The van der Waals surface area contributed by atoms with Gasteiger partial charge in [-0.3, -0.25) is 4.40 Å². The van der Waals surface area contributed by atoms with Gasteiger partial charge < -0.3 is 10.5 Å². The van der Waals surface area contributed by atoms with Crippen molar-refractivity contribution in [3.05, 3.63) is 24.4 Å². The lowest BCUT2D eigenvalue weighted by molar-refractivity contribution is 0.0391. The molecule has 0 aliphatic carbocycles. The Bertz CT molecular complexity index is 740. The third-order valence-electron chi connectivity index (χ3n) is 3.37. The summed E-state index contributed by atoms with van der Waals surface area (Å²) in [6.45, 7) is 2.91. The molecule has 3 heterocycles. The first-order valence-electron chi connectivity index (χ1n) is 6.34. The highest BCUT2D eigenvalue weighted by atomic mass is 32.2. The summed E-state index contributed by atoms with van der Waals surface area (Å²) in [4.78, 5) is 4.10. The molecular formula is C12H16N4O3S. The van der Waals surface area contributed by atoms with Crippen molar-refractivity contribution >= 4 is 21.5 Å². The lowest BCUT2D eigenvalue weighted by atomic mass is 10.3. The fraction of sp³-hybridized carbons (Fsp3) is 0.417. The number of sulfonamides is 1. The second-order valence-electron chi connectivity index (χ2n) is 4.77. The highest BCUT2D eigenvalue weighted by molar-refractivity contribution is 7.89. The maximum atomic E-state index is 12.8. The summed E-state index contributed by atoms with van der Waals surface area (Å²) < 4.78 is 33.9. The Balaban J connectivity index is 2.16. The fourth-order valence-electron chi connectivity index (χ4n) is 2.43. The van der Waals surface area contributed by atoms with Crippen molar-refractivity contribution in [3.8, 4) is 0 Å². The second kappa shape index (κ2) is 4.72. The van der Waals surface area contributed by atoms with Crippen molar-refractivity contribution in [2.75, 3.05) is 25.5 Å². The van der Waals surface area contributed by atoms with Crippen LogP contribution in [0.3, 0.4) is 0 Å². The van der Waals surface area contributed by atoms with E-state index in [4.69, 9.17) is 10.5 Å². The summed E-state index contributed by atoms with van der Waals surface area (Å²) in [5.41, 5.74) is 6.34. The van der Waals surface area contributed by atoms with Gasteiger partial charge in [-0.05, 0) is 19.1 Å². The molecule has 0 spiro atoms. The average Bonchev–Trinajstić information content (AvgIpc) is 2.75. The zero-order valence-electron chi connectivity index (χ0n) is 11.1. The van der Waals surface area contributed by atoms with Gasteiger partial charge in [0.25, 0.3) is 10.0 Å². The van der Waals surface area contributed by atoms with Gasteiger partial charge in [0.1, 0.15) is 5.65 Å². The molecule has 0 saturated carbocycles. The first-order chi connectivity index (χ1) is 9.51. The molecule has 0 radical (unpaired) electrons. The van der Waals surface area contributed by atoms with Gasteiger partial charge in [0.05, 0.1) is 13.2 Å². The molecule has 0 bridgehead atoms. The van der Waals surface area contributed by atoms with Crippen LogP contribution >= 0.6 is 0 Å².